The number of nitro groups is 1. The Kier molecular flexibility index (Phi) is 6.02. The van der Waals surface area contributed by atoms with E-state index in [1.807, 2.05) is 32.0 Å². The number of benzene rings is 3. The summed E-state index contributed by atoms with van der Waals surface area (Å²) < 4.78 is 5.56. The first-order chi connectivity index (χ1) is 18.1. The van der Waals surface area contributed by atoms with Gasteiger partial charge in [-0.1, -0.05) is 24.3 Å². The third-order valence-corrected chi connectivity index (χ3v) is 6.88. The normalized spacial score (nSPS) is 16.7. The number of nitrogens with zero attached hydrogens (tertiary/aromatic N) is 3. The van der Waals surface area contributed by atoms with Crippen LogP contribution in [0.3, 0.4) is 0 Å². The van der Waals surface area contributed by atoms with Crippen molar-refractivity contribution < 1.29 is 28.8 Å². The molecule has 0 aliphatic carbocycles. The smallest absolute Gasteiger partial charge is 0.316 e. The van der Waals surface area contributed by atoms with Crippen LogP contribution in [-0.4, -0.2) is 35.2 Å². The molecule has 38 heavy (non-hydrogen) atoms. The molecular weight excluding hydrogens is 490 g/mol. The van der Waals surface area contributed by atoms with Gasteiger partial charge in [0.25, 0.3) is 17.5 Å². The molecule has 3 aromatic carbocycles. The van der Waals surface area contributed by atoms with E-state index < -0.39 is 34.3 Å². The summed E-state index contributed by atoms with van der Waals surface area (Å²) in [6.45, 7) is 5.66. The van der Waals surface area contributed by atoms with Crippen LogP contribution in [0.25, 0.3) is 0 Å². The summed E-state index contributed by atoms with van der Waals surface area (Å²) in [5, 5.41) is 11.4. The Balaban J connectivity index is 1.34. The van der Waals surface area contributed by atoms with Crippen molar-refractivity contribution in [3.05, 3.63) is 92.5 Å². The number of fused-ring (bicyclic) bond motifs is 1. The van der Waals surface area contributed by atoms with Crippen molar-refractivity contribution in [2.75, 3.05) is 16.3 Å². The van der Waals surface area contributed by atoms with E-state index >= 15 is 0 Å². The van der Waals surface area contributed by atoms with E-state index in [9.17, 15) is 29.3 Å². The molecule has 0 saturated carbocycles. The minimum atomic E-state index is -0.791. The zero-order chi connectivity index (χ0) is 27.3. The number of amides is 3. The molecule has 0 spiro atoms. The molecule has 0 N–H and O–H groups in total. The van der Waals surface area contributed by atoms with Crippen LogP contribution in [0.2, 0.25) is 0 Å². The van der Waals surface area contributed by atoms with Crippen LogP contribution in [0.1, 0.15) is 43.8 Å². The second-order valence-corrected chi connectivity index (χ2v) is 9.42. The molecule has 1 atom stereocenters. The van der Waals surface area contributed by atoms with Gasteiger partial charge in [0.05, 0.1) is 22.1 Å². The molecule has 0 aromatic heterocycles. The van der Waals surface area contributed by atoms with Gasteiger partial charge in [-0.3, -0.25) is 29.3 Å². The second-order valence-electron chi connectivity index (χ2n) is 9.42. The molecule has 2 heterocycles. The number of carbonyl (C=O) groups is 4. The number of hydrogen-bond donors (Lipinski definition) is 0. The van der Waals surface area contributed by atoms with Gasteiger partial charge in [0.2, 0.25) is 5.91 Å². The van der Waals surface area contributed by atoms with Crippen LogP contribution >= 0.6 is 0 Å². The van der Waals surface area contributed by atoms with Crippen LogP contribution in [0, 0.1) is 36.8 Å². The number of esters is 1. The number of rotatable bonds is 5. The Bertz CT molecular complexity index is 1540. The van der Waals surface area contributed by atoms with Gasteiger partial charge in [-0.15, -0.1) is 0 Å². The first-order valence-corrected chi connectivity index (χ1v) is 11.9. The van der Waals surface area contributed by atoms with Crippen LogP contribution in [0.15, 0.2) is 54.6 Å². The molecular formula is C28H23N3O7. The predicted octanol–water partition coefficient (Wildman–Crippen LogP) is 4.28. The number of carbonyl (C=O) groups excluding carboxylic acids is 4. The quantitative estimate of drug-likeness (QED) is 0.164. The van der Waals surface area contributed by atoms with Gasteiger partial charge in [-0.25, -0.2) is 4.90 Å². The first kappa shape index (κ1) is 24.8. The molecule has 3 amide bonds. The lowest BCUT2D eigenvalue weighted by molar-refractivity contribution is -0.385. The zero-order valence-electron chi connectivity index (χ0n) is 20.9. The van der Waals surface area contributed by atoms with Crippen molar-refractivity contribution in [3.63, 3.8) is 0 Å². The molecule has 0 bridgehead atoms. The first-order valence-electron chi connectivity index (χ1n) is 11.9. The van der Waals surface area contributed by atoms with Crippen molar-refractivity contribution in [1.29, 1.82) is 0 Å². The standard InChI is InChI=1S/C28H23N3O7/c1-15-6-4-7-16(2)25(15)29-14-18(13-23(29)32)28(35)38-19-10-11-21(17(3)12-19)30-26(33)20-8-5-9-22(31(36)37)24(20)27(30)34/h4-12,18H,13-14H2,1-3H3/t18-/m0/s1. The van der Waals surface area contributed by atoms with E-state index in [1.54, 1.807) is 11.8 Å². The lowest BCUT2D eigenvalue weighted by Crippen LogP contribution is -2.30. The molecule has 2 aliphatic rings. The number of imide groups is 1. The van der Waals surface area contributed by atoms with Crippen molar-refractivity contribution in [2.24, 2.45) is 5.92 Å². The van der Waals surface area contributed by atoms with Gasteiger partial charge >= 0.3 is 5.97 Å². The van der Waals surface area contributed by atoms with Gasteiger partial charge in [0, 0.05) is 24.7 Å². The van der Waals surface area contributed by atoms with E-state index in [-0.39, 0.29) is 41.4 Å². The molecule has 5 rings (SSSR count). The van der Waals surface area contributed by atoms with Gasteiger partial charge in [0.15, 0.2) is 0 Å². The molecule has 1 fully saturated rings. The topological polar surface area (TPSA) is 127 Å². The van der Waals surface area contributed by atoms with Crippen LogP contribution < -0.4 is 14.5 Å². The average molecular weight is 514 g/mol. The van der Waals surface area contributed by atoms with E-state index in [4.69, 9.17) is 4.74 Å². The number of anilines is 2. The molecule has 192 valence electrons. The minimum absolute atomic E-state index is 0.0253. The van der Waals surface area contributed by atoms with E-state index in [0.717, 1.165) is 21.7 Å². The van der Waals surface area contributed by atoms with Gasteiger partial charge in [0.1, 0.15) is 11.3 Å². The lowest BCUT2D eigenvalue weighted by atomic mass is 10.1. The summed E-state index contributed by atoms with van der Waals surface area (Å²) in [6.07, 6.45) is 0.0253. The predicted molar refractivity (Wildman–Crippen MR) is 137 cm³/mol. The third kappa shape index (κ3) is 4.00. The Morgan fingerprint density at radius 2 is 1.63 bits per heavy atom. The summed E-state index contributed by atoms with van der Waals surface area (Å²) in [5.74, 6) is -2.64. The third-order valence-electron chi connectivity index (χ3n) is 6.88. The average Bonchev–Trinajstić information content (AvgIpc) is 3.37. The maximum Gasteiger partial charge on any atom is 0.316 e. The molecule has 10 nitrogen and oxygen atoms in total. The van der Waals surface area contributed by atoms with Gasteiger partial charge in [-0.2, -0.15) is 0 Å². The van der Waals surface area contributed by atoms with Crippen molar-refractivity contribution in [3.8, 4) is 5.75 Å². The number of nitro benzene ring substituents is 1. The maximum absolute atomic E-state index is 13.0. The highest BCUT2D eigenvalue weighted by molar-refractivity contribution is 6.35. The second kappa shape index (κ2) is 9.22. The zero-order valence-corrected chi connectivity index (χ0v) is 20.9. The summed E-state index contributed by atoms with van der Waals surface area (Å²) in [7, 11) is 0. The highest BCUT2D eigenvalue weighted by Crippen LogP contribution is 2.37. The number of ether oxygens (including phenoxy) is 1. The Morgan fingerprint density at radius 1 is 0.947 bits per heavy atom. The van der Waals surface area contributed by atoms with Crippen LogP contribution in [-0.2, 0) is 9.59 Å². The SMILES string of the molecule is Cc1cc(OC(=O)[C@H]2CC(=O)N(c3c(C)cccc3C)C2)ccc1N1C(=O)c2cccc([N+](=O)[O-])c2C1=O. The van der Waals surface area contributed by atoms with E-state index in [1.165, 1.54) is 36.4 Å². The Morgan fingerprint density at radius 3 is 2.29 bits per heavy atom. The molecule has 2 aliphatic heterocycles. The van der Waals surface area contributed by atoms with Crippen molar-refractivity contribution in [1.82, 2.24) is 0 Å². The molecule has 3 aromatic rings. The summed E-state index contributed by atoms with van der Waals surface area (Å²) in [4.78, 5) is 64.8. The highest BCUT2D eigenvalue weighted by atomic mass is 16.6. The van der Waals surface area contributed by atoms with Gasteiger partial charge in [-0.05, 0) is 61.7 Å². The molecule has 0 radical (unpaired) electrons. The lowest BCUT2D eigenvalue weighted by Gasteiger charge is -2.21. The van der Waals surface area contributed by atoms with Crippen LogP contribution in [0.5, 0.6) is 5.75 Å². The van der Waals surface area contributed by atoms with E-state index in [2.05, 4.69) is 0 Å². The fourth-order valence-electron chi connectivity index (χ4n) is 5.09. The minimum Gasteiger partial charge on any atom is -0.426 e. The summed E-state index contributed by atoms with van der Waals surface area (Å²) in [5.41, 5.74) is 2.63. The number of para-hydroxylation sites is 1. The Labute approximate surface area is 217 Å². The van der Waals surface area contributed by atoms with E-state index in [0.29, 0.717) is 5.56 Å². The van der Waals surface area contributed by atoms with Gasteiger partial charge < -0.3 is 9.64 Å². The Hall–Kier alpha value is -4.86. The fraction of sp³-hybridized carbons (Fsp3) is 0.214. The monoisotopic (exact) mass is 513 g/mol. The molecule has 1 saturated heterocycles. The number of aryl methyl sites for hydroxylation is 3. The largest absolute Gasteiger partial charge is 0.426 e. The van der Waals surface area contributed by atoms with Crippen molar-refractivity contribution in [2.45, 2.75) is 27.2 Å². The summed E-state index contributed by atoms with van der Waals surface area (Å²) in [6, 6.07) is 14.1. The maximum atomic E-state index is 13.0. The highest BCUT2D eigenvalue weighted by Gasteiger charge is 2.42. The summed E-state index contributed by atoms with van der Waals surface area (Å²) >= 11 is 0. The number of hydrogen-bond acceptors (Lipinski definition) is 7. The molecule has 0 unspecified atom stereocenters. The van der Waals surface area contributed by atoms with Crippen molar-refractivity contribution >= 4 is 40.8 Å². The molecule has 10 heteroatoms. The fourth-order valence-corrected chi connectivity index (χ4v) is 5.09. The van der Waals surface area contributed by atoms with Crippen LogP contribution in [0.4, 0.5) is 17.1 Å².